The van der Waals surface area contributed by atoms with Crippen molar-refractivity contribution in [2.45, 2.75) is 12.5 Å². The van der Waals surface area contributed by atoms with E-state index >= 15 is 0 Å². The highest BCUT2D eigenvalue weighted by Gasteiger charge is 2.22. The summed E-state index contributed by atoms with van der Waals surface area (Å²) in [6, 6.07) is 5.74. The van der Waals surface area contributed by atoms with Crippen LogP contribution in [0.5, 0.6) is 0 Å². The summed E-state index contributed by atoms with van der Waals surface area (Å²) in [6.07, 6.45) is -0.0645. The quantitative estimate of drug-likeness (QED) is 0.769. The summed E-state index contributed by atoms with van der Waals surface area (Å²) in [5, 5.41) is 20.7. The lowest BCUT2D eigenvalue weighted by molar-refractivity contribution is -0.139. The number of hydrogen-bond acceptors (Lipinski definition) is 4. The zero-order valence-electron chi connectivity index (χ0n) is 10.3. The Morgan fingerprint density at radius 3 is 2.75 bits per heavy atom. The van der Waals surface area contributed by atoms with Crippen LogP contribution in [0.1, 0.15) is 17.0 Å². The van der Waals surface area contributed by atoms with Gasteiger partial charge in [0, 0.05) is 18.4 Å². The normalized spacial score (nSPS) is 12.3. The molecule has 7 heteroatoms. The first-order valence-corrected chi connectivity index (χ1v) is 6.65. The van der Waals surface area contributed by atoms with E-state index in [-0.39, 0.29) is 18.8 Å². The standard InChI is InChI=1S/C13H12BrNO5/c14-8-3-1-2-7-6-10(20-11(7)8)12(17)15-9(4-5-16)13(18)19/h1-3,6,9,16H,4-5H2,(H,15,17)(H,18,19). The van der Waals surface area contributed by atoms with Gasteiger partial charge in [0.1, 0.15) is 11.6 Å². The van der Waals surface area contributed by atoms with Gasteiger partial charge in [0.15, 0.2) is 5.76 Å². The molecule has 1 aromatic heterocycles. The third-order valence-corrected chi connectivity index (χ3v) is 3.37. The van der Waals surface area contributed by atoms with Gasteiger partial charge in [-0.2, -0.15) is 0 Å². The number of furan rings is 1. The molecule has 0 spiro atoms. The van der Waals surface area contributed by atoms with E-state index in [1.54, 1.807) is 18.2 Å². The van der Waals surface area contributed by atoms with Crippen molar-refractivity contribution < 1.29 is 24.2 Å². The van der Waals surface area contributed by atoms with Crippen LogP contribution in [0.25, 0.3) is 11.0 Å². The minimum Gasteiger partial charge on any atom is -0.480 e. The highest BCUT2D eigenvalue weighted by molar-refractivity contribution is 9.10. The number of carboxylic acids is 1. The minimum atomic E-state index is -1.20. The van der Waals surface area contributed by atoms with Crippen LogP contribution >= 0.6 is 15.9 Å². The molecule has 0 radical (unpaired) electrons. The number of carbonyl (C=O) groups excluding carboxylic acids is 1. The summed E-state index contributed by atoms with van der Waals surface area (Å²) < 4.78 is 6.11. The Morgan fingerprint density at radius 2 is 2.15 bits per heavy atom. The number of para-hydroxylation sites is 1. The molecule has 0 aliphatic rings. The van der Waals surface area contributed by atoms with E-state index in [2.05, 4.69) is 21.2 Å². The smallest absolute Gasteiger partial charge is 0.326 e. The third kappa shape index (κ3) is 3.00. The number of fused-ring (bicyclic) bond motifs is 1. The van der Waals surface area contributed by atoms with Gasteiger partial charge in [-0.1, -0.05) is 12.1 Å². The lowest BCUT2D eigenvalue weighted by atomic mass is 10.2. The van der Waals surface area contributed by atoms with Crippen molar-refractivity contribution >= 4 is 38.8 Å². The van der Waals surface area contributed by atoms with Crippen molar-refractivity contribution in [3.63, 3.8) is 0 Å². The number of amides is 1. The lowest BCUT2D eigenvalue weighted by Crippen LogP contribution is -2.41. The van der Waals surface area contributed by atoms with Gasteiger partial charge >= 0.3 is 5.97 Å². The van der Waals surface area contributed by atoms with Crippen LogP contribution < -0.4 is 5.32 Å². The first-order chi connectivity index (χ1) is 9.52. The summed E-state index contributed by atoms with van der Waals surface area (Å²) in [6.45, 7) is -0.330. The second kappa shape index (κ2) is 6.06. The lowest BCUT2D eigenvalue weighted by Gasteiger charge is -2.11. The fraction of sp³-hybridized carbons (Fsp3) is 0.231. The van der Waals surface area contributed by atoms with Crippen LogP contribution in [-0.4, -0.2) is 34.7 Å². The number of aliphatic hydroxyl groups excluding tert-OH is 1. The largest absolute Gasteiger partial charge is 0.480 e. The van der Waals surface area contributed by atoms with Crippen molar-refractivity contribution in [2.75, 3.05) is 6.61 Å². The van der Waals surface area contributed by atoms with Gasteiger partial charge in [-0.15, -0.1) is 0 Å². The summed E-state index contributed by atoms with van der Waals surface area (Å²) in [5.41, 5.74) is 0.520. The molecule has 106 valence electrons. The van der Waals surface area contributed by atoms with Gasteiger partial charge in [0.25, 0.3) is 5.91 Å². The van der Waals surface area contributed by atoms with Crippen LogP contribution in [0.2, 0.25) is 0 Å². The molecule has 2 rings (SSSR count). The maximum absolute atomic E-state index is 12.0. The Kier molecular flexibility index (Phi) is 4.41. The van der Waals surface area contributed by atoms with Crippen molar-refractivity contribution in [1.29, 1.82) is 0 Å². The second-order valence-electron chi connectivity index (χ2n) is 4.15. The molecule has 0 saturated heterocycles. The van der Waals surface area contributed by atoms with Crippen molar-refractivity contribution in [3.8, 4) is 0 Å². The number of carboxylic acid groups (broad SMARTS) is 1. The summed E-state index contributed by atoms with van der Waals surface area (Å²) >= 11 is 3.31. The van der Waals surface area contributed by atoms with Crippen molar-refractivity contribution in [3.05, 3.63) is 34.5 Å². The molecule has 1 atom stereocenters. The topological polar surface area (TPSA) is 99.8 Å². The number of nitrogens with one attached hydrogen (secondary N) is 1. The summed E-state index contributed by atoms with van der Waals surface area (Å²) in [4.78, 5) is 22.9. The maximum atomic E-state index is 12.0. The number of halogens is 1. The number of aliphatic carboxylic acids is 1. The van der Waals surface area contributed by atoms with Crippen LogP contribution in [-0.2, 0) is 4.79 Å². The van der Waals surface area contributed by atoms with E-state index in [9.17, 15) is 9.59 Å². The van der Waals surface area contributed by atoms with E-state index in [1.807, 2.05) is 0 Å². The SMILES string of the molecule is O=C(NC(CCO)C(=O)O)c1cc2cccc(Br)c2o1. The fourth-order valence-electron chi connectivity index (χ4n) is 1.76. The van der Waals surface area contributed by atoms with E-state index < -0.39 is 17.9 Å². The molecule has 1 unspecified atom stereocenters. The molecule has 0 saturated carbocycles. The monoisotopic (exact) mass is 341 g/mol. The second-order valence-corrected chi connectivity index (χ2v) is 5.00. The highest BCUT2D eigenvalue weighted by Crippen LogP contribution is 2.26. The van der Waals surface area contributed by atoms with Crippen LogP contribution in [0.3, 0.4) is 0 Å². The number of carbonyl (C=O) groups is 2. The molecule has 6 nitrogen and oxygen atoms in total. The minimum absolute atomic E-state index is 0.0242. The molecule has 2 aromatic rings. The van der Waals surface area contributed by atoms with Crippen molar-refractivity contribution in [2.24, 2.45) is 0 Å². The van der Waals surface area contributed by atoms with Gasteiger partial charge in [0.2, 0.25) is 0 Å². The number of hydrogen-bond donors (Lipinski definition) is 3. The first kappa shape index (κ1) is 14.5. The Bertz CT molecular complexity index is 651. The molecule has 1 amide bonds. The Hall–Kier alpha value is -1.86. The molecule has 3 N–H and O–H groups in total. The fourth-order valence-corrected chi connectivity index (χ4v) is 2.22. The molecule has 0 fully saturated rings. The molecule has 0 aliphatic heterocycles. The number of benzene rings is 1. The van der Waals surface area contributed by atoms with Gasteiger partial charge in [0.05, 0.1) is 4.47 Å². The van der Waals surface area contributed by atoms with Gasteiger partial charge < -0.3 is 19.9 Å². The van der Waals surface area contributed by atoms with E-state index in [0.29, 0.717) is 10.1 Å². The van der Waals surface area contributed by atoms with E-state index in [0.717, 1.165) is 5.39 Å². The van der Waals surface area contributed by atoms with Gasteiger partial charge in [-0.25, -0.2) is 4.79 Å². The summed E-state index contributed by atoms with van der Waals surface area (Å²) in [7, 11) is 0. The molecule has 0 bridgehead atoms. The van der Waals surface area contributed by atoms with E-state index in [1.165, 1.54) is 6.07 Å². The Morgan fingerprint density at radius 1 is 1.40 bits per heavy atom. The number of aliphatic hydroxyl groups is 1. The zero-order valence-corrected chi connectivity index (χ0v) is 11.9. The number of rotatable bonds is 5. The van der Waals surface area contributed by atoms with Crippen LogP contribution in [0.4, 0.5) is 0 Å². The van der Waals surface area contributed by atoms with E-state index in [4.69, 9.17) is 14.6 Å². The molecule has 0 aliphatic carbocycles. The van der Waals surface area contributed by atoms with Gasteiger partial charge in [-0.3, -0.25) is 4.79 Å². The van der Waals surface area contributed by atoms with Crippen molar-refractivity contribution in [1.82, 2.24) is 5.32 Å². The molecular weight excluding hydrogens is 330 g/mol. The Balaban J connectivity index is 2.22. The predicted octanol–water partition coefficient (Wildman–Crippen LogP) is 1.76. The van der Waals surface area contributed by atoms with Crippen LogP contribution in [0, 0.1) is 0 Å². The van der Waals surface area contributed by atoms with Gasteiger partial charge in [-0.05, 0) is 28.1 Å². The summed E-state index contributed by atoms with van der Waals surface area (Å²) in [5.74, 6) is -1.81. The first-order valence-electron chi connectivity index (χ1n) is 5.85. The average molecular weight is 342 g/mol. The highest BCUT2D eigenvalue weighted by atomic mass is 79.9. The maximum Gasteiger partial charge on any atom is 0.326 e. The zero-order chi connectivity index (χ0) is 14.7. The predicted molar refractivity (Wildman–Crippen MR) is 74.5 cm³/mol. The Labute approximate surface area is 122 Å². The average Bonchev–Trinajstić information content (AvgIpc) is 2.83. The third-order valence-electron chi connectivity index (χ3n) is 2.74. The molecule has 20 heavy (non-hydrogen) atoms. The molecule has 1 heterocycles. The molecule has 1 aromatic carbocycles. The van der Waals surface area contributed by atoms with Crippen LogP contribution in [0.15, 0.2) is 33.2 Å². The molecular formula is C13H12BrNO5.